The van der Waals surface area contributed by atoms with E-state index in [1.54, 1.807) is 10.7 Å². The molecule has 1 aliphatic carbocycles. The molecule has 1 aliphatic rings. The number of esters is 1. The Morgan fingerprint density at radius 1 is 1.30 bits per heavy atom. The van der Waals surface area contributed by atoms with E-state index in [2.05, 4.69) is 12.0 Å². The summed E-state index contributed by atoms with van der Waals surface area (Å²) in [7, 11) is 0. The molecule has 0 aromatic carbocycles. The standard InChI is InChI=1S/C18H30N2O3/c1-13-8-6-7-9-16(13)22-10-11-23-17(21)15-12-14(2)19-20(15)18(3,4)5/h12-13,16H,6-11H2,1-5H3. The topological polar surface area (TPSA) is 53.4 Å². The fraction of sp³-hybridized carbons (Fsp3) is 0.778. The SMILES string of the molecule is Cc1cc(C(=O)OCCOC2CCCCC2C)n(C(C)(C)C)n1. The summed E-state index contributed by atoms with van der Waals surface area (Å²) in [5.41, 5.74) is 1.07. The van der Waals surface area contributed by atoms with Crippen molar-refractivity contribution in [1.82, 2.24) is 9.78 Å². The van der Waals surface area contributed by atoms with E-state index in [1.165, 1.54) is 19.3 Å². The van der Waals surface area contributed by atoms with Gasteiger partial charge in [0.15, 0.2) is 0 Å². The first-order valence-electron chi connectivity index (χ1n) is 8.65. The van der Waals surface area contributed by atoms with E-state index in [9.17, 15) is 4.79 Å². The summed E-state index contributed by atoms with van der Waals surface area (Å²) in [6.07, 6.45) is 5.19. The minimum absolute atomic E-state index is 0.253. The highest BCUT2D eigenvalue weighted by molar-refractivity contribution is 5.87. The second-order valence-corrected chi connectivity index (χ2v) is 7.56. The molecule has 0 amide bonds. The normalized spacial score (nSPS) is 22.1. The van der Waals surface area contributed by atoms with Crippen molar-refractivity contribution >= 4 is 5.97 Å². The Morgan fingerprint density at radius 2 is 2.00 bits per heavy atom. The molecule has 1 saturated carbocycles. The lowest BCUT2D eigenvalue weighted by molar-refractivity contribution is -0.0275. The molecular formula is C18H30N2O3. The Hall–Kier alpha value is -1.36. The Labute approximate surface area is 139 Å². The van der Waals surface area contributed by atoms with Gasteiger partial charge >= 0.3 is 5.97 Å². The molecule has 0 N–H and O–H groups in total. The Bertz CT molecular complexity index is 531. The zero-order chi connectivity index (χ0) is 17.0. The molecule has 1 aromatic heterocycles. The second kappa shape index (κ2) is 7.47. The predicted octanol–water partition coefficient (Wildman–Crippen LogP) is 3.70. The third kappa shape index (κ3) is 4.80. The van der Waals surface area contributed by atoms with Crippen LogP contribution in [0.3, 0.4) is 0 Å². The maximum atomic E-state index is 12.3. The van der Waals surface area contributed by atoms with Crippen molar-refractivity contribution in [2.75, 3.05) is 13.2 Å². The first kappa shape index (κ1) is 18.0. The van der Waals surface area contributed by atoms with Gasteiger partial charge in [0.1, 0.15) is 12.3 Å². The number of ether oxygens (including phenoxy) is 2. The average molecular weight is 322 g/mol. The fourth-order valence-electron chi connectivity index (χ4n) is 3.09. The molecule has 1 aromatic rings. The highest BCUT2D eigenvalue weighted by Crippen LogP contribution is 2.26. The number of rotatable bonds is 5. The van der Waals surface area contributed by atoms with Crippen LogP contribution >= 0.6 is 0 Å². The molecule has 2 unspecified atom stereocenters. The number of hydrogen-bond acceptors (Lipinski definition) is 4. The number of aryl methyl sites for hydroxylation is 1. The molecule has 2 rings (SSSR count). The van der Waals surface area contributed by atoms with E-state index in [-0.39, 0.29) is 18.1 Å². The van der Waals surface area contributed by atoms with Gasteiger partial charge in [-0.3, -0.25) is 4.68 Å². The summed E-state index contributed by atoms with van der Waals surface area (Å²) in [5.74, 6) is 0.269. The second-order valence-electron chi connectivity index (χ2n) is 7.56. The zero-order valence-electron chi connectivity index (χ0n) is 15.1. The van der Waals surface area contributed by atoms with Crippen LogP contribution in [0.15, 0.2) is 6.07 Å². The van der Waals surface area contributed by atoms with Crippen LogP contribution in [0, 0.1) is 12.8 Å². The lowest BCUT2D eigenvalue weighted by Crippen LogP contribution is -2.29. The molecule has 1 fully saturated rings. The molecule has 0 spiro atoms. The molecule has 0 bridgehead atoms. The van der Waals surface area contributed by atoms with Gasteiger partial charge in [0.2, 0.25) is 0 Å². The molecule has 1 heterocycles. The fourth-order valence-corrected chi connectivity index (χ4v) is 3.09. The van der Waals surface area contributed by atoms with Crippen molar-refractivity contribution in [3.63, 3.8) is 0 Å². The number of carbonyl (C=O) groups excluding carboxylic acids is 1. The molecule has 0 radical (unpaired) electrons. The van der Waals surface area contributed by atoms with Gasteiger partial charge in [-0.25, -0.2) is 4.79 Å². The van der Waals surface area contributed by atoms with Crippen LogP contribution in [-0.4, -0.2) is 35.1 Å². The number of carbonyl (C=O) groups is 1. The first-order chi connectivity index (χ1) is 10.8. The van der Waals surface area contributed by atoms with Gasteiger partial charge in [0, 0.05) is 0 Å². The molecule has 5 heteroatoms. The third-order valence-corrected chi connectivity index (χ3v) is 4.36. The van der Waals surface area contributed by atoms with Gasteiger partial charge < -0.3 is 9.47 Å². The highest BCUT2D eigenvalue weighted by Gasteiger charge is 2.24. The monoisotopic (exact) mass is 322 g/mol. The van der Waals surface area contributed by atoms with Gasteiger partial charge in [-0.2, -0.15) is 5.10 Å². The zero-order valence-corrected chi connectivity index (χ0v) is 15.1. The lowest BCUT2D eigenvalue weighted by Gasteiger charge is -2.28. The maximum absolute atomic E-state index is 12.3. The van der Waals surface area contributed by atoms with Crippen LogP contribution in [0.25, 0.3) is 0 Å². The van der Waals surface area contributed by atoms with Gasteiger partial charge in [-0.05, 0) is 52.5 Å². The third-order valence-electron chi connectivity index (χ3n) is 4.36. The van der Waals surface area contributed by atoms with Gasteiger partial charge in [-0.15, -0.1) is 0 Å². The van der Waals surface area contributed by atoms with Gasteiger partial charge in [-0.1, -0.05) is 19.8 Å². The van der Waals surface area contributed by atoms with Crippen LogP contribution in [0.5, 0.6) is 0 Å². The smallest absolute Gasteiger partial charge is 0.356 e. The molecule has 23 heavy (non-hydrogen) atoms. The van der Waals surface area contributed by atoms with E-state index in [1.807, 2.05) is 27.7 Å². The number of nitrogens with zero attached hydrogens (tertiary/aromatic N) is 2. The van der Waals surface area contributed by atoms with Crippen LogP contribution in [0.2, 0.25) is 0 Å². The van der Waals surface area contributed by atoms with Crippen molar-refractivity contribution in [2.45, 2.75) is 71.9 Å². The Balaban J connectivity index is 1.83. The molecule has 0 saturated heterocycles. The molecule has 2 atom stereocenters. The summed E-state index contributed by atoms with van der Waals surface area (Å²) in [6, 6.07) is 1.78. The summed E-state index contributed by atoms with van der Waals surface area (Å²) in [6.45, 7) is 10.9. The molecule has 130 valence electrons. The average Bonchev–Trinajstić information content (AvgIpc) is 2.87. The summed E-state index contributed by atoms with van der Waals surface area (Å²) < 4.78 is 13.0. The quantitative estimate of drug-likeness (QED) is 0.613. The number of aromatic nitrogens is 2. The molecular weight excluding hydrogens is 292 g/mol. The van der Waals surface area contributed by atoms with Crippen LogP contribution in [0.1, 0.15) is 69.6 Å². The first-order valence-corrected chi connectivity index (χ1v) is 8.65. The van der Waals surface area contributed by atoms with Gasteiger partial charge in [0.25, 0.3) is 0 Å². The highest BCUT2D eigenvalue weighted by atomic mass is 16.6. The summed E-state index contributed by atoms with van der Waals surface area (Å²) >= 11 is 0. The van der Waals surface area contributed by atoms with E-state index < -0.39 is 0 Å². The number of hydrogen-bond donors (Lipinski definition) is 0. The van der Waals surface area contributed by atoms with Crippen LogP contribution in [0.4, 0.5) is 0 Å². The van der Waals surface area contributed by atoms with Gasteiger partial charge in [0.05, 0.1) is 23.9 Å². The molecule has 0 aliphatic heterocycles. The Kier molecular flexibility index (Phi) is 5.84. The van der Waals surface area contributed by atoms with E-state index >= 15 is 0 Å². The van der Waals surface area contributed by atoms with Crippen molar-refractivity contribution in [3.8, 4) is 0 Å². The predicted molar refractivity (Wildman–Crippen MR) is 89.6 cm³/mol. The summed E-state index contributed by atoms with van der Waals surface area (Å²) in [5, 5.41) is 4.40. The van der Waals surface area contributed by atoms with Crippen LogP contribution in [-0.2, 0) is 15.0 Å². The van der Waals surface area contributed by atoms with Crippen molar-refractivity contribution in [3.05, 3.63) is 17.5 Å². The van der Waals surface area contributed by atoms with E-state index in [0.29, 0.717) is 24.3 Å². The van der Waals surface area contributed by atoms with Crippen molar-refractivity contribution in [2.24, 2.45) is 5.92 Å². The van der Waals surface area contributed by atoms with Crippen LogP contribution < -0.4 is 0 Å². The molecule has 5 nitrogen and oxygen atoms in total. The van der Waals surface area contributed by atoms with Crippen molar-refractivity contribution < 1.29 is 14.3 Å². The van der Waals surface area contributed by atoms with Crippen molar-refractivity contribution in [1.29, 1.82) is 0 Å². The largest absolute Gasteiger partial charge is 0.459 e. The van der Waals surface area contributed by atoms with E-state index in [4.69, 9.17) is 9.47 Å². The maximum Gasteiger partial charge on any atom is 0.356 e. The minimum atomic E-state index is -0.333. The Morgan fingerprint density at radius 3 is 2.65 bits per heavy atom. The lowest BCUT2D eigenvalue weighted by atomic mass is 9.88. The minimum Gasteiger partial charge on any atom is -0.459 e. The summed E-state index contributed by atoms with van der Waals surface area (Å²) in [4.78, 5) is 12.3. The van der Waals surface area contributed by atoms with E-state index in [0.717, 1.165) is 12.1 Å².